The molecule has 9 heteroatoms. The van der Waals surface area contributed by atoms with E-state index < -0.39 is 23.9 Å². The number of nitrogens with one attached hydrogen (secondary N) is 2. The Morgan fingerprint density at radius 3 is 2.36 bits per heavy atom. The predicted octanol–water partition coefficient (Wildman–Crippen LogP) is 2.70. The number of carboxylic acid groups (broad SMARTS) is 2. The van der Waals surface area contributed by atoms with Crippen molar-refractivity contribution in [2.24, 2.45) is 0 Å². The number of carbonyl (C=O) groups excluding carboxylic acids is 1. The molecule has 1 aromatic heterocycles. The van der Waals surface area contributed by atoms with Crippen molar-refractivity contribution in [2.75, 3.05) is 36.4 Å². The van der Waals surface area contributed by atoms with Crippen LogP contribution in [0.5, 0.6) is 0 Å². The van der Waals surface area contributed by atoms with Crippen molar-refractivity contribution < 1.29 is 24.6 Å². The van der Waals surface area contributed by atoms with E-state index in [2.05, 4.69) is 15.2 Å². The molecule has 1 atom stereocenters. The first kappa shape index (κ1) is 22.1. The van der Waals surface area contributed by atoms with Gasteiger partial charge in [0.05, 0.1) is 0 Å². The standard InChI is InChI=1S/C24H24N4O5/c29-21(8-9-22(30)31)26-16-6-7-20-18(14-16)19(15-25-20)23(24(32)33)28-12-10-27(11-13-28)17-4-2-1-3-5-17/h1-9,14-15,23,25H,10-13H2,(H,26,29)(H,30,31)(H,32,33)/b9-8+. The van der Waals surface area contributed by atoms with Gasteiger partial charge in [-0.2, -0.15) is 0 Å². The number of hydrogen-bond donors (Lipinski definition) is 4. The number of amides is 1. The van der Waals surface area contributed by atoms with E-state index in [9.17, 15) is 19.5 Å². The highest BCUT2D eigenvalue weighted by molar-refractivity contribution is 6.03. The van der Waals surface area contributed by atoms with E-state index in [-0.39, 0.29) is 0 Å². The highest BCUT2D eigenvalue weighted by Gasteiger charge is 2.32. The number of aliphatic carboxylic acids is 2. The predicted molar refractivity (Wildman–Crippen MR) is 124 cm³/mol. The average molecular weight is 448 g/mol. The van der Waals surface area contributed by atoms with Crippen LogP contribution in [0.25, 0.3) is 10.9 Å². The topological polar surface area (TPSA) is 126 Å². The van der Waals surface area contributed by atoms with Crippen molar-refractivity contribution in [2.45, 2.75) is 6.04 Å². The lowest BCUT2D eigenvalue weighted by Gasteiger charge is -2.38. The number of nitrogens with zero attached hydrogens (tertiary/aromatic N) is 2. The molecule has 0 radical (unpaired) electrons. The molecule has 0 aliphatic carbocycles. The number of H-pyrrole nitrogens is 1. The second kappa shape index (κ2) is 9.58. The van der Waals surface area contributed by atoms with Gasteiger partial charge in [-0.25, -0.2) is 4.79 Å². The summed E-state index contributed by atoms with van der Waals surface area (Å²) in [6.07, 6.45) is 3.38. The number of carbonyl (C=O) groups is 3. The molecule has 2 aromatic carbocycles. The minimum Gasteiger partial charge on any atom is -0.480 e. The van der Waals surface area contributed by atoms with Crippen molar-refractivity contribution in [3.8, 4) is 0 Å². The maximum absolute atomic E-state index is 12.3. The van der Waals surface area contributed by atoms with E-state index in [0.29, 0.717) is 42.8 Å². The number of fused-ring (bicyclic) bond motifs is 1. The summed E-state index contributed by atoms with van der Waals surface area (Å²) in [4.78, 5) is 42.1. The Labute approximate surface area is 189 Å². The van der Waals surface area contributed by atoms with Crippen LogP contribution in [0.2, 0.25) is 0 Å². The van der Waals surface area contributed by atoms with Crippen LogP contribution in [0.4, 0.5) is 11.4 Å². The Balaban J connectivity index is 1.55. The van der Waals surface area contributed by atoms with E-state index >= 15 is 0 Å². The van der Waals surface area contributed by atoms with Gasteiger partial charge in [0.2, 0.25) is 5.91 Å². The molecule has 4 rings (SSSR count). The number of para-hydroxylation sites is 1. The van der Waals surface area contributed by atoms with E-state index in [1.54, 1.807) is 24.4 Å². The summed E-state index contributed by atoms with van der Waals surface area (Å²) in [5.41, 5.74) is 2.93. The van der Waals surface area contributed by atoms with Gasteiger partial charge in [0.25, 0.3) is 0 Å². The molecule has 1 saturated heterocycles. The molecule has 0 bridgehead atoms. The van der Waals surface area contributed by atoms with Crippen LogP contribution < -0.4 is 10.2 Å². The minimum atomic E-state index is -1.22. The number of carboxylic acids is 2. The van der Waals surface area contributed by atoms with Crippen LogP contribution in [-0.2, 0) is 14.4 Å². The number of anilines is 2. The molecule has 3 aromatic rings. The molecule has 170 valence electrons. The van der Waals surface area contributed by atoms with E-state index in [1.165, 1.54) is 0 Å². The van der Waals surface area contributed by atoms with E-state index in [0.717, 1.165) is 23.4 Å². The van der Waals surface area contributed by atoms with E-state index in [4.69, 9.17) is 5.11 Å². The van der Waals surface area contributed by atoms with Crippen molar-refractivity contribution in [1.82, 2.24) is 9.88 Å². The zero-order valence-electron chi connectivity index (χ0n) is 17.8. The molecule has 4 N–H and O–H groups in total. The quantitative estimate of drug-likeness (QED) is 0.410. The number of aromatic amines is 1. The lowest BCUT2D eigenvalue weighted by atomic mass is 10.0. The summed E-state index contributed by atoms with van der Waals surface area (Å²) in [6, 6.07) is 14.3. The summed E-state index contributed by atoms with van der Waals surface area (Å²) in [5, 5.41) is 22.0. The first-order chi connectivity index (χ1) is 15.9. The zero-order valence-corrected chi connectivity index (χ0v) is 17.8. The third-order valence-electron chi connectivity index (χ3n) is 5.69. The highest BCUT2D eigenvalue weighted by atomic mass is 16.4. The van der Waals surface area contributed by atoms with Crippen LogP contribution in [0.3, 0.4) is 0 Å². The Hall–Kier alpha value is -4.11. The van der Waals surface area contributed by atoms with Crippen molar-refractivity contribution in [1.29, 1.82) is 0 Å². The molecular weight excluding hydrogens is 424 g/mol. The van der Waals surface area contributed by atoms with Gasteiger partial charge in [0.15, 0.2) is 0 Å². The molecule has 2 heterocycles. The molecule has 1 amide bonds. The third-order valence-corrected chi connectivity index (χ3v) is 5.69. The molecule has 1 unspecified atom stereocenters. The molecule has 0 spiro atoms. The van der Waals surface area contributed by atoms with Gasteiger partial charge in [-0.15, -0.1) is 0 Å². The Bertz CT molecular complexity index is 1200. The summed E-state index contributed by atoms with van der Waals surface area (Å²) in [5.74, 6) is -2.74. The second-order valence-corrected chi connectivity index (χ2v) is 7.76. The lowest BCUT2D eigenvalue weighted by Crippen LogP contribution is -2.49. The van der Waals surface area contributed by atoms with Crippen LogP contribution in [-0.4, -0.2) is 64.1 Å². The zero-order chi connectivity index (χ0) is 23.4. The van der Waals surface area contributed by atoms with Gasteiger partial charge in [-0.1, -0.05) is 18.2 Å². The second-order valence-electron chi connectivity index (χ2n) is 7.76. The first-order valence-electron chi connectivity index (χ1n) is 10.5. The van der Waals surface area contributed by atoms with Gasteiger partial charge in [0.1, 0.15) is 6.04 Å². The number of piperazine rings is 1. The number of rotatable bonds is 7. The smallest absolute Gasteiger partial charge is 0.328 e. The molecule has 1 fully saturated rings. The fourth-order valence-electron chi connectivity index (χ4n) is 4.14. The molecule has 9 nitrogen and oxygen atoms in total. The number of benzene rings is 2. The Morgan fingerprint density at radius 2 is 1.70 bits per heavy atom. The normalized spacial score (nSPS) is 15.6. The van der Waals surface area contributed by atoms with Crippen molar-refractivity contribution in [3.05, 3.63) is 72.4 Å². The summed E-state index contributed by atoms with van der Waals surface area (Å²) >= 11 is 0. The Kier molecular flexibility index (Phi) is 6.41. The maximum atomic E-state index is 12.3. The van der Waals surface area contributed by atoms with Crippen molar-refractivity contribution in [3.63, 3.8) is 0 Å². The fourth-order valence-corrected chi connectivity index (χ4v) is 4.14. The third kappa shape index (κ3) is 5.04. The van der Waals surface area contributed by atoms with Crippen molar-refractivity contribution >= 4 is 40.1 Å². The van der Waals surface area contributed by atoms with Gasteiger partial charge in [-0.3, -0.25) is 14.5 Å². The highest BCUT2D eigenvalue weighted by Crippen LogP contribution is 2.32. The summed E-state index contributed by atoms with van der Waals surface area (Å²) < 4.78 is 0. The van der Waals surface area contributed by atoms with Gasteiger partial charge >= 0.3 is 11.9 Å². The number of aromatic nitrogens is 1. The maximum Gasteiger partial charge on any atom is 0.328 e. The van der Waals surface area contributed by atoms with E-state index in [1.807, 2.05) is 35.2 Å². The molecule has 33 heavy (non-hydrogen) atoms. The molecule has 1 aliphatic rings. The van der Waals surface area contributed by atoms with Gasteiger partial charge in [-0.05, 0) is 30.3 Å². The Morgan fingerprint density at radius 1 is 0.970 bits per heavy atom. The minimum absolute atomic E-state index is 0.446. The molecule has 0 saturated carbocycles. The monoisotopic (exact) mass is 448 g/mol. The van der Waals surface area contributed by atoms with Crippen LogP contribution in [0.15, 0.2) is 66.9 Å². The van der Waals surface area contributed by atoms with Gasteiger partial charge < -0.3 is 25.4 Å². The first-order valence-corrected chi connectivity index (χ1v) is 10.5. The lowest BCUT2D eigenvalue weighted by molar-refractivity contribution is -0.143. The summed E-state index contributed by atoms with van der Waals surface area (Å²) in [6.45, 7) is 2.62. The summed E-state index contributed by atoms with van der Waals surface area (Å²) in [7, 11) is 0. The SMILES string of the molecule is O=C(O)/C=C/C(=O)Nc1ccc2[nH]cc(C(C(=O)O)N3CCN(c4ccccc4)CC3)c2c1. The van der Waals surface area contributed by atoms with Crippen LogP contribution >= 0.6 is 0 Å². The van der Waals surface area contributed by atoms with Gasteiger partial charge in [0, 0.05) is 72.4 Å². The molecule has 1 aliphatic heterocycles. The molecular formula is C24H24N4O5. The fraction of sp³-hybridized carbons (Fsp3) is 0.208. The average Bonchev–Trinajstić information content (AvgIpc) is 3.21. The van der Waals surface area contributed by atoms with Crippen LogP contribution in [0.1, 0.15) is 11.6 Å². The largest absolute Gasteiger partial charge is 0.480 e. The van der Waals surface area contributed by atoms with Crippen LogP contribution in [0, 0.1) is 0 Å². The number of hydrogen-bond acceptors (Lipinski definition) is 5.